The summed E-state index contributed by atoms with van der Waals surface area (Å²) in [5.74, 6) is -1.59. The lowest BCUT2D eigenvalue weighted by Crippen LogP contribution is -2.56. The van der Waals surface area contributed by atoms with E-state index in [1.54, 1.807) is 0 Å². The standard InChI is InChI=1S/C29H31Cl3FN3O4S/c1-29(2,3)34-28(38)26(14-19-8-6-5-7-9-19)35(17-20-10-12-21(33)13-11-20)27(37)18-36(41(4,39)40)25-16-23(31)22(30)15-24(25)32/h5-13,15-16,26H,14,17-18H2,1-4H3,(H,34,38)/t26-/m0/s1. The molecule has 0 saturated heterocycles. The smallest absolute Gasteiger partial charge is 0.244 e. The predicted octanol–water partition coefficient (Wildman–Crippen LogP) is 6.11. The zero-order chi connectivity index (χ0) is 30.5. The average molecular weight is 643 g/mol. The second-order valence-corrected chi connectivity index (χ2v) is 13.7. The van der Waals surface area contributed by atoms with Crippen LogP contribution in [-0.4, -0.2) is 49.5 Å². The summed E-state index contributed by atoms with van der Waals surface area (Å²) >= 11 is 18.5. The molecular weight excluding hydrogens is 612 g/mol. The lowest BCUT2D eigenvalue weighted by Gasteiger charge is -2.35. The number of carbonyl (C=O) groups is 2. The van der Waals surface area contributed by atoms with Crippen LogP contribution in [0.2, 0.25) is 15.1 Å². The monoisotopic (exact) mass is 641 g/mol. The van der Waals surface area contributed by atoms with Crippen LogP contribution in [0, 0.1) is 5.82 Å². The molecule has 0 heterocycles. The first kappa shape index (κ1) is 32.7. The Hall–Kier alpha value is -2.85. The Balaban J connectivity index is 2.11. The van der Waals surface area contributed by atoms with E-state index in [1.165, 1.54) is 41.3 Å². The van der Waals surface area contributed by atoms with E-state index in [-0.39, 0.29) is 33.7 Å². The third kappa shape index (κ3) is 9.33. The Morgan fingerprint density at radius 2 is 1.49 bits per heavy atom. The molecule has 0 aliphatic heterocycles. The van der Waals surface area contributed by atoms with Crippen LogP contribution in [0.5, 0.6) is 0 Å². The van der Waals surface area contributed by atoms with Gasteiger partial charge in [0, 0.05) is 18.5 Å². The van der Waals surface area contributed by atoms with E-state index in [0.29, 0.717) is 5.56 Å². The van der Waals surface area contributed by atoms with E-state index in [1.807, 2.05) is 51.1 Å². The van der Waals surface area contributed by atoms with Gasteiger partial charge in [0.25, 0.3) is 0 Å². The molecule has 3 rings (SSSR count). The number of nitrogens with one attached hydrogen (secondary N) is 1. The van der Waals surface area contributed by atoms with E-state index in [4.69, 9.17) is 34.8 Å². The number of hydrogen-bond donors (Lipinski definition) is 1. The van der Waals surface area contributed by atoms with Crippen LogP contribution in [0.4, 0.5) is 10.1 Å². The van der Waals surface area contributed by atoms with Gasteiger partial charge in [-0.2, -0.15) is 0 Å². The number of sulfonamides is 1. The molecular formula is C29H31Cl3FN3O4S. The highest BCUT2D eigenvalue weighted by atomic mass is 35.5. The minimum atomic E-state index is -4.06. The highest BCUT2D eigenvalue weighted by molar-refractivity contribution is 7.92. The van der Waals surface area contributed by atoms with Gasteiger partial charge in [-0.15, -0.1) is 0 Å². The molecule has 3 aromatic carbocycles. The number of nitrogens with zero attached hydrogens (tertiary/aromatic N) is 2. The van der Waals surface area contributed by atoms with Crippen molar-refractivity contribution in [3.05, 3.63) is 98.7 Å². The van der Waals surface area contributed by atoms with Crippen LogP contribution < -0.4 is 9.62 Å². The first-order valence-corrected chi connectivity index (χ1v) is 15.6. The minimum Gasteiger partial charge on any atom is -0.350 e. The Labute approximate surface area is 255 Å². The summed E-state index contributed by atoms with van der Waals surface area (Å²) < 4.78 is 40.3. The van der Waals surface area contributed by atoms with E-state index in [0.717, 1.165) is 16.1 Å². The third-order valence-electron chi connectivity index (χ3n) is 5.97. The Morgan fingerprint density at radius 3 is 2.05 bits per heavy atom. The quantitative estimate of drug-likeness (QED) is 0.271. The largest absolute Gasteiger partial charge is 0.350 e. The SMILES string of the molecule is CC(C)(C)NC(=O)[C@H](Cc1ccccc1)N(Cc1ccc(F)cc1)C(=O)CN(c1cc(Cl)c(Cl)cc1Cl)S(C)(=O)=O. The molecule has 0 spiro atoms. The van der Waals surface area contributed by atoms with E-state index < -0.39 is 45.8 Å². The van der Waals surface area contributed by atoms with Gasteiger partial charge in [0.1, 0.15) is 18.4 Å². The van der Waals surface area contributed by atoms with Crippen molar-refractivity contribution < 1.29 is 22.4 Å². The van der Waals surface area contributed by atoms with Crippen LogP contribution in [0.3, 0.4) is 0 Å². The van der Waals surface area contributed by atoms with Gasteiger partial charge in [-0.05, 0) is 56.2 Å². The predicted molar refractivity (Wildman–Crippen MR) is 162 cm³/mol. The summed E-state index contributed by atoms with van der Waals surface area (Å²) in [7, 11) is -4.06. The van der Waals surface area contributed by atoms with Crippen molar-refractivity contribution in [3.8, 4) is 0 Å². The molecule has 0 aromatic heterocycles. The molecule has 1 N–H and O–H groups in total. The lowest BCUT2D eigenvalue weighted by molar-refractivity contribution is -0.140. The van der Waals surface area contributed by atoms with E-state index >= 15 is 0 Å². The summed E-state index contributed by atoms with van der Waals surface area (Å²) in [5.41, 5.74) is 0.659. The maximum atomic E-state index is 14.1. The zero-order valence-electron chi connectivity index (χ0n) is 23.0. The zero-order valence-corrected chi connectivity index (χ0v) is 26.1. The number of carbonyl (C=O) groups excluding carboxylic acids is 2. The molecule has 3 aromatic rings. The van der Waals surface area contributed by atoms with Crippen molar-refractivity contribution in [1.29, 1.82) is 0 Å². The van der Waals surface area contributed by atoms with E-state index in [9.17, 15) is 22.4 Å². The van der Waals surface area contributed by atoms with Gasteiger partial charge in [-0.3, -0.25) is 13.9 Å². The van der Waals surface area contributed by atoms with Gasteiger partial charge in [0.2, 0.25) is 21.8 Å². The van der Waals surface area contributed by atoms with Crippen LogP contribution in [0.1, 0.15) is 31.9 Å². The number of benzene rings is 3. The van der Waals surface area contributed by atoms with Crippen molar-refractivity contribution in [2.45, 2.75) is 45.3 Å². The van der Waals surface area contributed by atoms with Gasteiger partial charge < -0.3 is 10.2 Å². The van der Waals surface area contributed by atoms with Gasteiger partial charge in [0.15, 0.2) is 0 Å². The second-order valence-electron chi connectivity index (χ2n) is 10.6. The fraction of sp³-hybridized carbons (Fsp3) is 0.310. The first-order chi connectivity index (χ1) is 19.0. The summed E-state index contributed by atoms with van der Waals surface area (Å²) in [5, 5.41) is 3.05. The second kappa shape index (κ2) is 13.4. The molecule has 1 atom stereocenters. The average Bonchev–Trinajstić information content (AvgIpc) is 2.87. The van der Waals surface area contributed by atoms with Crippen molar-refractivity contribution in [1.82, 2.24) is 10.2 Å². The minimum absolute atomic E-state index is 0.0333. The number of rotatable bonds is 10. The van der Waals surface area contributed by atoms with Crippen LogP contribution in [-0.2, 0) is 32.6 Å². The molecule has 41 heavy (non-hydrogen) atoms. The fourth-order valence-corrected chi connectivity index (χ4v) is 5.64. The van der Waals surface area contributed by atoms with Crippen LogP contribution in [0.15, 0.2) is 66.7 Å². The summed E-state index contributed by atoms with van der Waals surface area (Å²) in [6, 6.07) is 16.1. The molecule has 220 valence electrons. The van der Waals surface area contributed by atoms with Crippen molar-refractivity contribution in [2.24, 2.45) is 0 Å². The Bertz CT molecular complexity index is 1500. The third-order valence-corrected chi connectivity index (χ3v) is 8.12. The molecule has 12 heteroatoms. The molecule has 0 radical (unpaired) electrons. The molecule has 0 fully saturated rings. The van der Waals surface area contributed by atoms with Gasteiger partial charge in [0.05, 0.1) is 27.0 Å². The number of amides is 2. The molecule has 0 saturated carbocycles. The number of anilines is 1. The van der Waals surface area contributed by atoms with Crippen molar-refractivity contribution >= 4 is 62.3 Å². The van der Waals surface area contributed by atoms with Gasteiger partial charge in [-0.25, -0.2) is 12.8 Å². The number of halogens is 4. The summed E-state index contributed by atoms with van der Waals surface area (Å²) in [6.45, 7) is 4.66. The molecule has 0 aliphatic rings. The highest BCUT2D eigenvalue weighted by Gasteiger charge is 2.35. The van der Waals surface area contributed by atoms with Gasteiger partial charge in [-0.1, -0.05) is 77.3 Å². The summed E-state index contributed by atoms with van der Waals surface area (Å²) in [6.07, 6.45) is 1.07. The normalized spacial score (nSPS) is 12.5. The fourth-order valence-electron chi connectivity index (χ4n) is 4.09. The molecule has 2 amide bonds. The first-order valence-electron chi connectivity index (χ1n) is 12.6. The topological polar surface area (TPSA) is 86.8 Å². The highest BCUT2D eigenvalue weighted by Crippen LogP contribution is 2.35. The molecule has 7 nitrogen and oxygen atoms in total. The summed E-state index contributed by atoms with van der Waals surface area (Å²) in [4.78, 5) is 29.1. The Kier molecular flexibility index (Phi) is 10.7. The lowest BCUT2D eigenvalue weighted by atomic mass is 10.0. The molecule has 0 bridgehead atoms. The van der Waals surface area contributed by atoms with Crippen molar-refractivity contribution in [3.63, 3.8) is 0 Å². The number of hydrogen-bond acceptors (Lipinski definition) is 4. The molecule has 0 unspecified atom stereocenters. The van der Waals surface area contributed by atoms with Gasteiger partial charge >= 0.3 is 0 Å². The van der Waals surface area contributed by atoms with Crippen LogP contribution in [0.25, 0.3) is 0 Å². The van der Waals surface area contributed by atoms with Crippen LogP contribution >= 0.6 is 34.8 Å². The Morgan fingerprint density at radius 1 is 0.902 bits per heavy atom. The maximum Gasteiger partial charge on any atom is 0.244 e. The maximum absolute atomic E-state index is 14.1. The van der Waals surface area contributed by atoms with E-state index in [2.05, 4.69) is 5.32 Å². The van der Waals surface area contributed by atoms with Crippen molar-refractivity contribution in [2.75, 3.05) is 17.1 Å². The molecule has 0 aliphatic carbocycles.